The van der Waals surface area contributed by atoms with Gasteiger partial charge in [0.2, 0.25) is 0 Å². The summed E-state index contributed by atoms with van der Waals surface area (Å²) in [4.78, 5) is 0. The molecule has 0 fully saturated rings. The van der Waals surface area contributed by atoms with Crippen molar-refractivity contribution in [3.63, 3.8) is 0 Å². The van der Waals surface area contributed by atoms with E-state index in [0.717, 1.165) is 12.8 Å². The molecule has 198 valence electrons. The van der Waals surface area contributed by atoms with Gasteiger partial charge >= 0.3 is 0 Å². The topological polar surface area (TPSA) is 0 Å². The van der Waals surface area contributed by atoms with Gasteiger partial charge in [-0.2, -0.15) is 0 Å². The zero-order valence-corrected chi connectivity index (χ0v) is 25.5. The van der Waals surface area contributed by atoms with Gasteiger partial charge in [-0.15, -0.1) is 0 Å². The molecule has 0 aliphatic rings. The van der Waals surface area contributed by atoms with Crippen LogP contribution in [0.15, 0.2) is 72.8 Å². The largest absolute Gasteiger partial charge is 0.0613 e. The summed E-state index contributed by atoms with van der Waals surface area (Å²) >= 11 is 0. The van der Waals surface area contributed by atoms with E-state index >= 15 is 0 Å². The number of aryl methyl sites for hydroxylation is 2. The fraction of sp³-hybridized carbons (Fsp3) is 0.500. The summed E-state index contributed by atoms with van der Waals surface area (Å²) in [5.74, 6) is 1.29. The van der Waals surface area contributed by atoms with Crippen LogP contribution < -0.4 is 0 Å². The molecule has 3 rings (SSSR count). The minimum absolute atomic E-state index is 0.260. The molecule has 0 amide bonds. The summed E-state index contributed by atoms with van der Waals surface area (Å²) in [6, 6.07) is 26.8. The van der Waals surface area contributed by atoms with Crippen LogP contribution in [0.1, 0.15) is 128 Å². The van der Waals surface area contributed by atoms with Crippen molar-refractivity contribution in [1.82, 2.24) is 0 Å². The molecular formula is C36H54. The molecule has 0 unspecified atom stereocenters. The Balaban J connectivity index is 0.000000274. The highest BCUT2D eigenvalue weighted by atomic mass is 14.2. The third-order valence-corrected chi connectivity index (χ3v) is 6.73. The normalized spacial score (nSPS) is 11.5. The van der Waals surface area contributed by atoms with E-state index in [4.69, 9.17) is 0 Å². The zero-order valence-electron chi connectivity index (χ0n) is 25.5. The molecule has 0 saturated heterocycles. The van der Waals surface area contributed by atoms with Crippen LogP contribution in [0.4, 0.5) is 0 Å². The lowest BCUT2D eigenvalue weighted by atomic mass is 9.82. The Morgan fingerprint density at radius 1 is 0.444 bits per heavy atom. The van der Waals surface area contributed by atoms with Crippen molar-refractivity contribution >= 4 is 0 Å². The summed E-state index contributed by atoms with van der Waals surface area (Å²) in [5.41, 5.74) is 9.05. The quantitative estimate of drug-likeness (QED) is 0.344. The maximum absolute atomic E-state index is 2.25. The molecule has 3 aromatic carbocycles. The summed E-state index contributed by atoms with van der Waals surface area (Å²) in [6.07, 6.45) is 2.29. The second kappa shape index (κ2) is 14.4. The third-order valence-electron chi connectivity index (χ3n) is 6.73. The summed E-state index contributed by atoms with van der Waals surface area (Å²) in [7, 11) is 0. The lowest BCUT2D eigenvalue weighted by molar-refractivity contribution is 0.577. The van der Waals surface area contributed by atoms with Crippen LogP contribution in [0.3, 0.4) is 0 Å². The molecule has 0 N–H and O–H groups in total. The van der Waals surface area contributed by atoms with Crippen LogP contribution >= 0.6 is 0 Å². The van der Waals surface area contributed by atoms with Crippen molar-refractivity contribution in [1.29, 1.82) is 0 Å². The maximum atomic E-state index is 2.25. The van der Waals surface area contributed by atoms with Crippen molar-refractivity contribution < 1.29 is 0 Å². The molecule has 0 heterocycles. The second-order valence-electron chi connectivity index (χ2n) is 12.6. The standard InChI is InChI=1S/C14H22.C12H18.C10H14/c1-13(2,3)11-7-9-12(10-8-11)14(4,5)6;1-9(2)11-5-7-12(8-6-11)10(3)4;1-3-9-5-7-10(4-2)8-6-9/h7-10H,1-6H3;5-10H,1-4H3;5-8H,3-4H2,1-2H3. The molecular weight excluding hydrogens is 432 g/mol. The highest BCUT2D eigenvalue weighted by molar-refractivity contribution is 5.31. The average molecular weight is 487 g/mol. The van der Waals surface area contributed by atoms with Gasteiger partial charge in [-0.1, -0.05) is 156 Å². The second-order valence-corrected chi connectivity index (χ2v) is 12.6. The molecule has 3 aromatic rings. The Hall–Kier alpha value is -2.34. The lowest BCUT2D eigenvalue weighted by Gasteiger charge is -2.23. The van der Waals surface area contributed by atoms with Crippen LogP contribution in [-0.4, -0.2) is 0 Å². The zero-order chi connectivity index (χ0) is 27.5. The Bertz CT molecular complexity index is 887. The van der Waals surface area contributed by atoms with Crippen LogP contribution in [-0.2, 0) is 23.7 Å². The molecule has 36 heavy (non-hydrogen) atoms. The molecule has 0 nitrogen and oxygen atoms in total. The average Bonchev–Trinajstić information content (AvgIpc) is 2.84. The molecule has 0 atom stereocenters. The molecule has 0 aliphatic heterocycles. The Labute approximate surface area is 224 Å². The van der Waals surface area contributed by atoms with Crippen molar-refractivity contribution in [2.24, 2.45) is 0 Å². The SMILES string of the molecule is CC(C)(C)c1ccc(C(C)(C)C)cc1.CC(C)c1ccc(C(C)C)cc1.CCc1ccc(CC)cc1. The van der Waals surface area contributed by atoms with Crippen LogP contribution in [0, 0.1) is 0 Å². The number of hydrogen-bond acceptors (Lipinski definition) is 0. The van der Waals surface area contributed by atoms with E-state index in [1.54, 1.807) is 0 Å². The maximum Gasteiger partial charge on any atom is -0.0132 e. The van der Waals surface area contributed by atoms with Crippen LogP contribution in [0.25, 0.3) is 0 Å². The minimum atomic E-state index is 0.260. The van der Waals surface area contributed by atoms with Crippen molar-refractivity contribution in [2.45, 2.75) is 119 Å². The lowest BCUT2D eigenvalue weighted by Crippen LogP contribution is -2.14. The third kappa shape index (κ3) is 11.2. The fourth-order valence-corrected chi connectivity index (χ4v) is 3.75. The summed E-state index contributed by atoms with van der Waals surface area (Å²) in [5, 5.41) is 0. The summed E-state index contributed by atoms with van der Waals surface area (Å²) in [6.45, 7) is 26.8. The number of hydrogen-bond donors (Lipinski definition) is 0. The molecule has 0 radical (unpaired) electrons. The highest BCUT2D eigenvalue weighted by Crippen LogP contribution is 2.27. The molecule has 0 aromatic heterocycles. The summed E-state index contributed by atoms with van der Waals surface area (Å²) < 4.78 is 0. The van der Waals surface area contributed by atoms with Gasteiger partial charge in [0.05, 0.1) is 0 Å². The van der Waals surface area contributed by atoms with Gasteiger partial charge in [0.15, 0.2) is 0 Å². The highest BCUT2D eigenvalue weighted by Gasteiger charge is 2.16. The van der Waals surface area contributed by atoms with E-state index in [9.17, 15) is 0 Å². The molecule has 0 heteroatoms. The van der Waals surface area contributed by atoms with Gasteiger partial charge in [0.1, 0.15) is 0 Å². The van der Waals surface area contributed by atoms with Gasteiger partial charge in [0.25, 0.3) is 0 Å². The smallest absolute Gasteiger partial charge is 0.0132 e. The molecule has 0 aliphatic carbocycles. The number of rotatable bonds is 4. The monoisotopic (exact) mass is 486 g/mol. The predicted molar refractivity (Wildman–Crippen MR) is 164 cm³/mol. The molecule has 0 saturated carbocycles. The first-order valence-corrected chi connectivity index (χ1v) is 14.0. The van der Waals surface area contributed by atoms with E-state index < -0.39 is 0 Å². The van der Waals surface area contributed by atoms with E-state index in [-0.39, 0.29) is 10.8 Å². The van der Waals surface area contributed by atoms with Gasteiger partial charge in [0, 0.05) is 0 Å². The van der Waals surface area contributed by atoms with Crippen LogP contribution in [0.5, 0.6) is 0 Å². The van der Waals surface area contributed by atoms with Gasteiger partial charge in [-0.25, -0.2) is 0 Å². The first-order chi connectivity index (χ1) is 16.7. The van der Waals surface area contributed by atoms with Gasteiger partial charge in [-0.05, 0) is 68.9 Å². The van der Waals surface area contributed by atoms with E-state index in [2.05, 4.69) is 156 Å². The first kappa shape index (κ1) is 31.7. The Morgan fingerprint density at radius 3 is 0.861 bits per heavy atom. The van der Waals surface area contributed by atoms with Gasteiger partial charge < -0.3 is 0 Å². The van der Waals surface area contributed by atoms with E-state index in [0.29, 0.717) is 11.8 Å². The number of benzene rings is 3. The Kier molecular flexibility index (Phi) is 12.7. The van der Waals surface area contributed by atoms with Crippen molar-refractivity contribution in [3.8, 4) is 0 Å². The van der Waals surface area contributed by atoms with E-state index in [1.807, 2.05) is 0 Å². The Morgan fingerprint density at radius 2 is 0.694 bits per heavy atom. The van der Waals surface area contributed by atoms with Crippen LogP contribution in [0.2, 0.25) is 0 Å². The fourth-order valence-electron chi connectivity index (χ4n) is 3.75. The van der Waals surface area contributed by atoms with Crippen molar-refractivity contribution in [3.05, 3.63) is 106 Å². The molecule has 0 bridgehead atoms. The predicted octanol–water partition coefficient (Wildman–Crippen LogP) is 11.0. The van der Waals surface area contributed by atoms with E-state index in [1.165, 1.54) is 33.4 Å². The van der Waals surface area contributed by atoms with Gasteiger partial charge in [-0.3, -0.25) is 0 Å². The van der Waals surface area contributed by atoms with Crippen molar-refractivity contribution in [2.75, 3.05) is 0 Å². The molecule has 0 spiro atoms. The minimum Gasteiger partial charge on any atom is -0.0613 e. The first-order valence-electron chi connectivity index (χ1n) is 14.0.